The van der Waals surface area contributed by atoms with Gasteiger partial charge >= 0.3 is 6.03 Å². The average Bonchev–Trinajstić information content (AvgIpc) is 2.76. The highest BCUT2D eigenvalue weighted by molar-refractivity contribution is 5.98. The van der Waals surface area contributed by atoms with E-state index in [1.165, 1.54) is 0 Å². The third kappa shape index (κ3) is 3.43. The maximum Gasteiger partial charge on any atom is 0.326 e. The second-order valence-corrected chi connectivity index (χ2v) is 8.53. The number of hydrogen-bond donors (Lipinski definition) is 1. The Morgan fingerprint density at radius 1 is 1.03 bits per heavy atom. The van der Waals surface area contributed by atoms with Gasteiger partial charge in [0.15, 0.2) is 0 Å². The van der Waals surface area contributed by atoms with Gasteiger partial charge < -0.3 is 15.0 Å². The Bertz CT molecular complexity index is 1410. The summed E-state index contributed by atoms with van der Waals surface area (Å²) in [6.45, 7) is 4.53. The molecule has 5 rings (SSSR count). The van der Waals surface area contributed by atoms with Crippen molar-refractivity contribution in [2.24, 2.45) is 0 Å². The van der Waals surface area contributed by atoms with E-state index in [-0.39, 0.29) is 6.03 Å². The molecule has 0 atom stereocenters. The van der Waals surface area contributed by atoms with E-state index in [9.17, 15) is 4.79 Å². The van der Waals surface area contributed by atoms with Crippen LogP contribution >= 0.6 is 0 Å². The highest BCUT2D eigenvalue weighted by atomic mass is 16.5. The molecule has 2 amide bonds. The lowest BCUT2D eigenvalue weighted by Crippen LogP contribution is -2.41. The van der Waals surface area contributed by atoms with Crippen molar-refractivity contribution in [3.05, 3.63) is 87.8 Å². The quantitative estimate of drug-likeness (QED) is 0.664. The summed E-state index contributed by atoms with van der Waals surface area (Å²) in [6.07, 6.45) is 0. The third-order valence-corrected chi connectivity index (χ3v) is 5.69. The predicted octanol–water partition coefficient (Wildman–Crippen LogP) is 4.41. The minimum absolute atomic E-state index is 0.144. The molecule has 2 heterocycles. The summed E-state index contributed by atoms with van der Waals surface area (Å²) < 4.78 is 6.36. The van der Waals surface area contributed by atoms with Crippen LogP contribution in [0.4, 0.5) is 16.2 Å². The van der Waals surface area contributed by atoms with Crippen molar-refractivity contribution >= 4 is 28.8 Å². The van der Waals surface area contributed by atoms with Gasteiger partial charge in [-0.3, -0.25) is 4.90 Å². The van der Waals surface area contributed by atoms with Crippen molar-refractivity contribution in [1.29, 1.82) is 0 Å². The minimum atomic E-state index is -0.144. The molecule has 0 saturated heterocycles. The Morgan fingerprint density at radius 2 is 1.84 bits per heavy atom. The second kappa shape index (κ2) is 7.63. The van der Waals surface area contributed by atoms with Crippen molar-refractivity contribution < 1.29 is 9.53 Å². The first-order valence-electron chi connectivity index (χ1n) is 10.7. The van der Waals surface area contributed by atoms with Crippen LogP contribution in [0.3, 0.4) is 0 Å². The Kier molecular flexibility index (Phi) is 4.76. The van der Waals surface area contributed by atoms with E-state index in [4.69, 9.17) is 4.74 Å². The summed E-state index contributed by atoms with van der Waals surface area (Å²) in [6, 6.07) is 19.9. The van der Waals surface area contributed by atoms with Crippen LogP contribution in [-0.4, -0.2) is 25.0 Å². The van der Waals surface area contributed by atoms with E-state index in [1.54, 1.807) is 0 Å². The summed E-state index contributed by atoms with van der Waals surface area (Å²) in [7, 11) is 4.00. The van der Waals surface area contributed by atoms with Crippen LogP contribution in [0.25, 0.3) is 11.4 Å². The number of benzene rings is 3. The molecule has 160 valence electrons. The van der Waals surface area contributed by atoms with Gasteiger partial charge in [-0.15, -0.1) is 5.73 Å². The molecule has 2 aliphatic heterocycles. The number of nitrogens with zero attached hydrogens (tertiary/aromatic N) is 2. The van der Waals surface area contributed by atoms with E-state index in [0.717, 1.165) is 55.7 Å². The van der Waals surface area contributed by atoms with E-state index in [1.807, 2.05) is 98.4 Å². The second-order valence-electron chi connectivity index (χ2n) is 8.53. The lowest BCUT2D eigenvalue weighted by Gasteiger charge is -2.34. The normalized spacial score (nSPS) is 13.8. The maximum absolute atomic E-state index is 13.2. The van der Waals surface area contributed by atoms with Gasteiger partial charge in [0, 0.05) is 47.5 Å². The van der Waals surface area contributed by atoms with Crippen LogP contribution < -0.4 is 25.4 Å². The highest BCUT2D eigenvalue weighted by Gasteiger charge is 2.31. The largest absolute Gasteiger partial charge is 0.456 e. The molecule has 2 aliphatic rings. The first-order valence-corrected chi connectivity index (χ1v) is 10.7. The third-order valence-electron chi connectivity index (χ3n) is 5.69. The molecule has 32 heavy (non-hydrogen) atoms. The molecule has 3 aromatic carbocycles. The number of allylic oxidation sites excluding steroid dienone is 1. The molecule has 5 nitrogen and oxygen atoms in total. The van der Waals surface area contributed by atoms with Gasteiger partial charge in [0.05, 0.1) is 12.2 Å². The molecule has 0 unspecified atom stereocenters. The summed E-state index contributed by atoms with van der Waals surface area (Å²) >= 11 is 0. The zero-order valence-electron chi connectivity index (χ0n) is 18.7. The monoisotopic (exact) mass is 423 g/mol. The number of para-hydroxylation sites is 1. The van der Waals surface area contributed by atoms with Crippen molar-refractivity contribution in [3.63, 3.8) is 0 Å². The number of amides is 2. The molecule has 5 heteroatoms. The van der Waals surface area contributed by atoms with Crippen LogP contribution in [0.15, 0.2) is 66.2 Å². The first kappa shape index (κ1) is 20.0. The number of carbonyl (C=O) groups is 1. The van der Waals surface area contributed by atoms with Crippen LogP contribution in [0, 0.1) is 0 Å². The molecule has 0 fully saturated rings. The zero-order valence-corrected chi connectivity index (χ0v) is 18.7. The molecule has 0 radical (unpaired) electrons. The van der Waals surface area contributed by atoms with Crippen LogP contribution in [0.1, 0.15) is 25.0 Å². The number of anilines is 2. The van der Waals surface area contributed by atoms with Crippen LogP contribution in [0.5, 0.6) is 11.5 Å². The maximum atomic E-state index is 13.2. The number of urea groups is 1. The topological polar surface area (TPSA) is 44.8 Å². The number of ether oxygens (including phenoxy) is 1. The molecule has 1 N–H and O–H groups in total. The Labute approximate surface area is 187 Å². The number of carbonyl (C=O) groups excluding carboxylic acids is 1. The fourth-order valence-electron chi connectivity index (χ4n) is 4.18. The van der Waals surface area contributed by atoms with Gasteiger partial charge in [-0.2, -0.15) is 0 Å². The smallest absolute Gasteiger partial charge is 0.326 e. The minimum Gasteiger partial charge on any atom is -0.456 e. The van der Waals surface area contributed by atoms with Gasteiger partial charge in [0.25, 0.3) is 0 Å². The lowest BCUT2D eigenvalue weighted by atomic mass is 10.0. The zero-order chi connectivity index (χ0) is 22.4. The van der Waals surface area contributed by atoms with Crippen LogP contribution in [0.2, 0.25) is 0 Å². The number of rotatable bonds is 2. The van der Waals surface area contributed by atoms with Gasteiger partial charge in [0.1, 0.15) is 11.5 Å². The summed E-state index contributed by atoms with van der Waals surface area (Å²) in [5, 5.41) is 4.88. The van der Waals surface area contributed by atoms with Crippen LogP contribution in [-0.2, 0) is 6.54 Å². The molecule has 3 aromatic rings. The molecular weight excluding hydrogens is 398 g/mol. The SMILES string of the molecule is CC(C)=C=c1ccc2c(c1)Oc1cc(N(C)C)ccc1C=2N1Cc2ccccc2NC1=O. The van der Waals surface area contributed by atoms with Crippen molar-refractivity contribution in [2.75, 3.05) is 24.3 Å². The van der Waals surface area contributed by atoms with Crippen molar-refractivity contribution in [3.8, 4) is 11.5 Å². The molecule has 0 aliphatic carbocycles. The van der Waals surface area contributed by atoms with Gasteiger partial charge in [0.2, 0.25) is 0 Å². The Morgan fingerprint density at radius 3 is 2.62 bits per heavy atom. The van der Waals surface area contributed by atoms with E-state index < -0.39 is 0 Å². The standard InChI is InChI=1S/C27H25N3O2/c1-17(2)13-18-9-11-21-24(14-18)32-25-15-20(29(3)4)10-12-22(25)26(21)30-16-19-7-5-6-8-23(19)28-27(30)31/h5-12,14-15H,16H2,1-4H3,(H,28,31). The van der Waals surface area contributed by atoms with Gasteiger partial charge in [-0.05, 0) is 61.4 Å². The molecule has 0 spiro atoms. The number of hydrogen-bond acceptors (Lipinski definition) is 3. The van der Waals surface area contributed by atoms with E-state index in [2.05, 4.69) is 11.0 Å². The Hall–Kier alpha value is -3.95. The number of fused-ring (bicyclic) bond motifs is 3. The lowest BCUT2D eigenvalue weighted by molar-refractivity contribution is 0.227. The van der Waals surface area contributed by atoms with Gasteiger partial charge in [-0.25, -0.2) is 4.79 Å². The fraction of sp³-hybridized carbons (Fsp3) is 0.185. The first-order chi connectivity index (χ1) is 15.4. The molecule has 0 saturated carbocycles. The molecule has 0 aromatic heterocycles. The van der Waals surface area contributed by atoms with E-state index >= 15 is 0 Å². The van der Waals surface area contributed by atoms with E-state index in [0.29, 0.717) is 6.54 Å². The predicted molar refractivity (Wildman–Crippen MR) is 128 cm³/mol. The highest BCUT2D eigenvalue weighted by Crippen LogP contribution is 2.38. The summed E-state index contributed by atoms with van der Waals surface area (Å²) in [5.41, 5.74) is 9.16. The summed E-state index contributed by atoms with van der Waals surface area (Å²) in [4.78, 5) is 17.0. The molecule has 0 bridgehead atoms. The van der Waals surface area contributed by atoms with Gasteiger partial charge in [-0.1, -0.05) is 18.2 Å². The molecular formula is C27H25N3O2. The number of nitrogens with one attached hydrogen (secondary N) is 1. The fourth-order valence-corrected chi connectivity index (χ4v) is 4.18. The van der Waals surface area contributed by atoms with Crippen molar-refractivity contribution in [1.82, 2.24) is 4.90 Å². The Balaban J connectivity index is 1.77. The van der Waals surface area contributed by atoms with Crippen molar-refractivity contribution in [2.45, 2.75) is 20.4 Å². The summed E-state index contributed by atoms with van der Waals surface area (Å²) in [5.74, 6) is 1.46. The average molecular weight is 424 g/mol.